The van der Waals surface area contributed by atoms with Crippen LogP contribution in [0.3, 0.4) is 0 Å². The second-order valence-electron chi connectivity index (χ2n) is 4.15. The Bertz CT molecular complexity index is 572. The van der Waals surface area contributed by atoms with E-state index in [1.807, 2.05) is 53.4 Å². The van der Waals surface area contributed by atoms with Crippen molar-refractivity contribution in [2.45, 2.75) is 0 Å². The lowest BCUT2D eigenvalue weighted by atomic mass is 10.2. The lowest BCUT2D eigenvalue weighted by molar-refractivity contribution is 0.414. The predicted octanol–water partition coefficient (Wildman–Crippen LogP) is 3.37. The van der Waals surface area contributed by atoms with Gasteiger partial charge in [0.1, 0.15) is 18.0 Å². The molecule has 0 amide bonds. The molecule has 0 atom stereocenters. The van der Waals surface area contributed by atoms with Crippen LogP contribution in [0.4, 0.5) is 11.4 Å². The van der Waals surface area contributed by atoms with Crippen LogP contribution in [-0.4, -0.2) is 20.8 Å². The molecule has 4 nitrogen and oxygen atoms in total. The standard InChI is InChI=1S/C16H16N2O2/c1-19-15-7-3-5-13(11-15)18(10-9-17)14-6-4-8-16(12-14)20-2/h3-8,11-12H,10H2,1-2H3. The van der Waals surface area contributed by atoms with Gasteiger partial charge in [-0.25, -0.2) is 0 Å². The van der Waals surface area contributed by atoms with Gasteiger partial charge >= 0.3 is 0 Å². The van der Waals surface area contributed by atoms with E-state index in [2.05, 4.69) is 6.07 Å². The van der Waals surface area contributed by atoms with Gasteiger partial charge in [-0.15, -0.1) is 0 Å². The van der Waals surface area contributed by atoms with E-state index >= 15 is 0 Å². The highest BCUT2D eigenvalue weighted by Crippen LogP contribution is 2.30. The summed E-state index contributed by atoms with van der Waals surface area (Å²) >= 11 is 0. The quantitative estimate of drug-likeness (QED) is 0.780. The molecule has 20 heavy (non-hydrogen) atoms. The van der Waals surface area contributed by atoms with Crippen molar-refractivity contribution in [3.63, 3.8) is 0 Å². The molecular weight excluding hydrogens is 252 g/mol. The normalized spacial score (nSPS) is 9.65. The maximum Gasteiger partial charge on any atom is 0.120 e. The Balaban J connectivity index is 2.41. The zero-order valence-electron chi connectivity index (χ0n) is 11.5. The number of nitriles is 1. The Labute approximate surface area is 118 Å². The molecule has 0 spiro atoms. The Kier molecular flexibility index (Phi) is 4.46. The Hall–Kier alpha value is -2.67. The highest BCUT2D eigenvalue weighted by molar-refractivity contribution is 5.66. The molecule has 0 N–H and O–H groups in total. The van der Waals surface area contributed by atoms with E-state index in [1.165, 1.54) is 0 Å². The third-order valence-corrected chi connectivity index (χ3v) is 2.96. The summed E-state index contributed by atoms with van der Waals surface area (Å²) in [5.74, 6) is 1.52. The fraction of sp³-hybridized carbons (Fsp3) is 0.188. The molecule has 0 radical (unpaired) electrons. The third kappa shape index (κ3) is 3.01. The summed E-state index contributed by atoms with van der Waals surface area (Å²) in [5.41, 5.74) is 1.80. The van der Waals surface area contributed by atoms with Crippen molar-refractivity contribution in [3.8, 4) is 17.6 Å². The fourth-order valence-corrected chi connectivity index (χ4v) is 1.96. The van der Waals surface area contributed by atoms with Gasteiger partial charge in [0.05, 0.1) is 20.3 Å². The van der Waals surface area contributed by atoms with E-state index in [0.717, 1.165) is 22.9 Å². The number of ether oxygens (including phenoxy) is 2. The first kappa shape index (κ1) is 13.8. The van der Waals surface area contributed by atoms with Crippen LogP contribution in [-0.2, 0) is 0 Å². The van der Waals surface area contributed by atoms with Gasteiger partial charge in [0.2, 0.25) is 0 Å². The molecule has 0 aliphatic heterocycles. The van der Waals surface area contributed by atoms with Crippen LogP contribution in [0, 0.1) is 11.3 Å². The van der Waals surface area contributed by atoms with E-state index in [-0.39, 0.29) is 6.54 Å². The average molecular weight is 268 g/mol. The van der Waals surface area contributed by atoms with Crippen molar-refractivity contribution in [1.82, 2.24) is 0 Å². The molecule has 0 saturated heterocycles. The van der Waals surface area contributed by atoms with Crippen molar-refractivity contribution in [2.24, 2.45) is 0 Å². The Morgan fingerprint density at radius 3 is 1.85 bits per heavy atom. The van der Waals surface area contributed by atoms with E-state index in [0.29, 0.717) is 0 Å². The molecule has 0 fully saturated rings. The first-order valence-corrected chi connectivity index (χ1v) is 6.21. The number of rotatable bonds is 5. The topological polar surface area (TPSA) is 45.5 Å². The molecule has 2 rings (SSSR count). The number of benzene rings is 2. The molecule has 0 aliphatic rings. The first-order chi connectivity index (χ1) is 9.78. The van der Waals surface area contributed by atoms with E-state index in [9.17, 15) is 0 Å². The molecule has 0 bridgehead atoms. The van der Waals surface area contributed by atoms with Gasteiger partial charge in [0, 0.05) is 23.5 Å². The highest BCUT2D eigenvalue weighted by atomic mass is 16.5. The lowest BCUT2D eigenvalue weighted by Crippen LogP contribution is -2.17. The smallest absolute Gasteiger partial charge is 0.120 e. The van der Waals surface area contributed by atoms with Crippen molar-refractivity contribution in [1.29, 1.82) is 5.26 Å². The summed E-state index contributed by atoms with van der Waals surface area (Å²) in [6.45, 7) is 0.250. The number of hydrogen-bond acceptors (Lipinski definition) is 4. The largest absolute Gasteiger partial charge is 0.497 e. The number of hydrogen-bond donors (Lipinski definition) is 0. The highest BCUT2D eigenvalue weighted by Gasteiger charge is 2.10. The molecule has 4 heteroatoms. The van der Waals surface area contributed by atoms with Gasteiger partial charge in [-0.1, -0.05) is 12.1 Å². The van der Waals surface area contributed by atoms with Crippen LogP contribution < -0.4 is 14.4 Å². The van der Waals surface area contributed by atoms with Crippen LogP contribution in [0.15, 0.2) is 48.5 Å². The minimum atomic E-state index is 0.250. The molecule has 2 aromatic rings. The third-order valence-electron chi connectivity index (χ3n) is 2.96. The van der Waals surface area contributed by atoms with Crippen molar-refractivity contribution < 1.29 is 9.47 Å². The number of nitrogens with zero attached hydrogens (tertiary/aromatic N) is 2. The number of methoxy groups -OCH3 is 2. The van der Waals surface area contributed by atoms with E-state index in [4.69, 9.17) is 14.7 Å². The van der Waals surface area contributed by atoms with Crippen molar-refractivity contribution in [2.75, 3.05) is 25.7 Å². The molecule has 0 aromatic heterocycles. The van der Waals surface area contributed by atoms with Gasteiger partial charge in [-0.2, -0.15) is 5.26 Å². The molecular formula is C16H16N2O2. The van der Waals surface area contributed by atoms with Crippen LogP contribution in [0.25, 0.3) is 0 Å². The molecule has 0 aliphatic carbocycles. The number of anilines is 2. The predicted molar refractivity (Wildman–Crippen MR) is 78.6 cm³/mol. The maximum atomic E-state index is 9.06. The first-order valence-electron chi connectivity index (χ1n) is 6.21. The van der Waals surface area contributed by atoms with Gasteiger partial charge in [0.25, 0.3) is 0 Å². The summed E-state index contributed by atoms with van der Waals surface area (Å²) in [7, 11) is 3.25. The molecule has 2 aromatic carbocycles. The van der Waals surface area contributed by atoms with E-state index in [1.54, 1.807) is 14.2 Å². The molecule has 0 heterocycles. The van der Waals surface area contributed by atoms with E-state index < -0.39 is 0 Å². The Morgan fingerprint density at radius 2 is 1.45 bits per heavy atom. The Morgan fingerprint density at radius 1 is 0.950 bits per heavy atom. The molecule has 0 saturated carbocycles. The summed E-state index contributed by atoms with van der Waals surface area (Å²) in [5, 5.41) is 9.06. The average Bonchev–Trinajstić information content (AvgIpc) is 2.52. The lowest BCUT2D eigenvalue weighted by Gasteiger charge is -2.22. The van der Waals surface area contributed by atoms with Crippen LogP contribution in [0.1, 0.15) is 0 Å². The second kappa shape index (κ2) is 6.48. The minimum Gasteiger partial charge on any atom is -0.497 e. The minimum absolute atomic E-state index is 0.250. The fourth-order valence-electron chi connectivity index (χ4n) is 1.96. The summed E-state index contributed by atoms with van der Waals surface area (Å²) in [4.78, 5) is 1.91. The summed E-state index contributed by atoms with van der Waals surface area (Å²) in [6, 6.07) is 17.4. The monoisotopic (exact) mass is 268 g/mol. The van der Waals surface area contributed by atoms with Gasteiger partial charge < -0.3 is 14.4 Å². The molecule has 0 unspecified atom stereocenters. The molecule has 102 valence electrons. The summed E-state index contributed by atoms with van der Waals surface area (Å²) in [6.07, 6.45) is 0. The van der Waals surface area contributed by atoms with Crippen LogP contribution in [0.2, 0.25) is 0 Å². The van der Waals surface area contributed by atoms with Gasteiger partial charge in [0.15, 0.2) is 0 Å². The summed E-state index contributed by atoms with van der Waals surface area (Å²) < 4.78 is 10.5. The van der Waals surface area contributed by atoms with Crippen molar-refractivity contribution in [3.05, 3.63) is 48.5 Å². The zero-order valence-corrected chi connectivity index (χ0v) is 11.5. The maximum absolute atomic E-state index is 9.06. The van der Waals surface area contributed by atoms with Crippen LogP contribution in [0.5, 0.6) is 11.5 Å². The van der Waals surface area contributed by atoms with Gasteiger partial charge in [-0.3, -0.25) is 0 Å². The SMILES string of the molecule is COc1cccc(N(CC#N)c2cccc(OC)c2)c1. The van der Waals surface area contributed by atoms with Crippen LogP contribution >= 0.6 is 0 Å². The zero-order chi connectivity index (χ0) is 14.4. The van der Waals surface area contributed by atoms with Crippen molar-refractivity contribution >= 4 is 11.4 Å². The second-order valence-corrected chi connectivity index (χ2v) is 4.15. The van der Waals surface area contributed by atoms with Gasteiger partial charge in [-0.05, 0) is 24.3 Å².